The van der Waals surface area contributed by atoms with Crippen molar-refractivity contribution in [3.8, 4) is 11.3 Å². The Hall–Kier alpha value is -2.82. The van der Waals surface area contributed by atoms with Crippen molar-refractivity contribution in [2.75, 3.05) is 5.32 Å². The molecular formula is C16H15N3O2. The molecule has 1 aromatic carbocycles. The number of nitrogens with one attached hydrogen (secondary N) is 1. The molecule has 0 saturated heterocycles. The van der Waals surface area contributed by atoms with E-state index in [1.54, 1.807) is 23.2 Å². The molecule has 2 heterocycles. The highest BCUT2D eigenvalue weighted by molar-refractivity contribution is 5.63. The number of hydrogen-bond acceptors (Lipinski definition) is 4. The second kappa shape index (κ2) is 5.66. The lowest BCUT2D eigenvalue weighted by atomic mass is 10.1. The normalized spacial score (nSPS) is 10.5. The summed E-state index contributed by atoms with van der Waals surface area (Å²) in [4.78, 5) is 16.2. The minimum atomic E-state index is -0.130. The summed E-state index contributed by atoms with van der Waals surface area (Å²) in [5.41, 5.74) is 1.66. The van der Waals surface area contributed by atoms with Crippen molar-refractivity contribution in [1.82, 2.24) is 9.55 Å². The van der Waals surface area contributed by atoms with Crippen LogP contribution in [0.3, 0.4) is 0 Å². The number of furan rings is 1. The van der Waals surface area contributed by atoms with Gasteiger partial charge in [0.05, 0.1) is 6.26 Å². The SMILES string of the molecule is CCn1ccnc(Nc2ccc(-c3ccco3)cc2)c1=O. The molecule has 106 valence electrons. The quantitative estimate of drug-likeness (QED) is 0.797. The molecule has 0 bridgehead atoms. The lowest BCUT2D eigenvalue weighted by Gasteiger charge is -2.07. The van der Waals surface area contributed by atoms with E-state index in [-0.39, 0.29) is 5.56 Å². The van der Waals surface area contributed by atoms with Crippen LogP contribution >= 0.6 is 0 Å². The summed E-state index contributed by atoms with van der Waals surface area (Å²) in [6.45, 7) is 2.54. The van der Waals surface area contributed by atoms with Gasteiger partial charge in [-0.1, -0.05) is 0 Å². The van der Waals surface area contributed by atoms with E-state index in [9.17, 15) is 4.79 Å². The van der Waals surface area contributed by atoms with E-state index in [4.69, 9.17) is 4.42 Å². The topological polar surface area (TPSA) is 60.1 Å². The first-order valence-corrected chi connectivity index (χ1v) is 6.74. The Balaban J connectivity index is 1.84. The standard InChI is InChI=1S/C16H15N3O2/c1-2-19-10-9-17-15(16(19)20)18-13-7-5-12(6-8-13)14-4-3-11-21-14/h3-11H,2H2,1H3,(H,17,18). The molecule has 0 aliphatic rings. The van der Waals surface area contributed by atoms with Gasteiger partial charge in [0.2, 0.25) is 0 Å². The summed E-state index contributed by atoms with van der Waals surface area (Å²) < 4.78 is 6.94. The van der Waals surface area contributed by atoms with Crippen LogP contribution in [0.15, 0.2) is 64.3 Å². The summed E-state index contributed by atoms with van der Waals surface area (Å²) in [5, 5.41) is 3.04. The van der Waals surface area contributed by atoms with Crippen LogP contribution in [0, 0.1) is 0 Å². The van der Waals surface area contributed by atoms with Crippen molar-refractivity contribution in [1.29, 1.82) is 0 Å². The van der Waals surface area contributed by atoms with Gasteiger partial charge in [0, 0.05) is 30.2 Å². The van der Waals surface area contributed by atoms with Crippen molar-refractivity contribution in [3.05, 3.63) is 65.4 Å². The van der Waals surface area contributed by atoms with Crippen LogP contribution in [-0.2, 0) is 6.54 Å². The first-order chi connectivity index (χ1) is 10.3. The Morgan fingerprint density at radius 3 is 2.71 bits per heavy atom. The lowest BCUT2D eigenvalue weighted by molar-refractivity contribution is 0.582. The first-order valence-electron chi connectivity index (χ1n) is 6.74. The molecule has 0 fully saturated rings. The van der Waals surface area contributed by atoms with E-state index in [0.29, 0.717) is 12.4 Å². The second-order valence-corrected chi connectivity index (χ2v) is 4.55. The number of aromatic nitrogens is 2. The van der Waals surface area contributed by atoms with Crippen LogP contribution in [0.4, 0.5) is 11.5 Å². The number of aryl methyl sites for hydroxylation is 1. The van der Waals surface area contributed by atoms with Crippen LogP contribution in [0.25, 0.3) is 11.3 Å². The zero-order valence-electron chi connectivity index (χ0n) is 11.6. The summed E-state index contributed by atoms with van der Waals surface area (Å²) in [6, 6.07) is 11.4. The smallest absolute Gasteiger partial charge is 0.293 e. The second-order valence-electron chi connectivity index (χ2n) is 4.55. The monoisotopic (exact) mass is 281 g/mol. The fourth-order valence-corrected chi connectivity index (χ4v) is 2.08. The summed E-state index contributed by atoms with van der Waals surface area (Å²) in [6.07, 6.45) is 4.93. The molecule has 0 aliphatic heterocycles. The van der Waals surface area contributed by atoms with E-state index in [2.05, 4.69) is 10.3 Å². The van der Waals surface area contributed by atoms with Gasteiger partial charge in [-0.3, -0.25) is 4.79 Å². The van der Waals surface area contributed by atoms with Gasteiger partial charge >= 0.3 is 0 Å². The van der Waals surface area contributed by atoms with Gasteiger partial charge < -0.3 is 14.3 Å². The van der Waals surface area contributed by atoms with E-state index >= 15 is 0 Å². The molecule has 21 heavy (non-hydrogen) atoms. The molecule has 5 heteroatoms. The average Bonchev–Trinajstić information content (AvgIpc) is 3.04. The highest BCUT2D eigenvalue weighted by Gasteiger charge is 2.05. The van der Waals surface area contributed by atoms with Crippen molar-refractivity contribution in [3.63, 3.8) is 0 Å². The molecule has 3 aromatic rings. The third-order valence-corrected chi connectivity index (χ3v) is 3.21. The van der Waals surface area contributed by atoms with Crippen LogP contribution in [0.2, 0.25) is 0 Å². The van der Waals surface area contributed by atoms with Gasteiger partial charge in [0.25, 0.3) is 5.56 Å². The molecule has 0 radical (unpaired) electrons. The molecule has 0 spiro atoms. The number of nitrogens with zero attached hydrogens (tertiary/aromatic N) is 2. The van der Waals surface area contributed by atoms with Gasteiger partial charge in [-0.05, 0) is 43.3 Å². The Labute approximate surface area is 121 Å². The Bertz CT molecular complexity index is 774. The molecule has 5 nitrogen and oxygen atoms in total. The predicted molar refractivity (Wildman–Crippen MR) is 81.6 cm³/mol. The van der Waals surface area contributed by atoms with Crippen molar-refractivity contribution in [2.24, 2.45) is 0 Å². The molecule has 0 unspecified atom stereocenters. The summed E-state index contributed by atoms with van der Waals surface area (Å²) in [7, 11) is 0. The van der Waals surface area contributed by atoms with Gasteiger partial charge in [0.1, 0.15) is 5.76 Å². The molecular weight excluding hydrogens is 266 g/mol. The number of rotatable bonds is 4. The maximum Gasteiger partial charge on any atom is 0.293 e. The van der Waals surface area contributed by atoms with Crippen LogP contribution < -0.4 is 10.9 Å². The van der Waals surface area contributed by atoms with Crippen molar-refractivity contribution < 1.29 is 4.42 Å². The first kappa shape index (κ1) is 13.2. The van der Waals surface area contributed by atoms with Crippen LogP contribution in [-0.4, -0.2) is 9.55 Å². The summed E-state index contributed by atoms with van der Waals surface area (Å²) >= 11 is 0. The van der Waals surface area contributed by atoms with Crippen LogP contribution in [0.5, 0.6) is 0 Å². The third-order valence-electron chi connectivity index (χ3n) is 3.21. The molecule has 0 atom stereocenters. The molecule has 1 N–H and O–H groups in total. The van der Waals surface area contributed by atoms with Gasteiger partial charge in [-0.15, -0.1) is 0 Å². The fourth-order valence-electron chi connectivity index (χ4n) is 2.08. The summed E-state index contributed by atoms with van der Waals surface area (Å²) in [5.74, 6) is 1.14. The maximum atomic E-state index is 12.1. The molecule has 3 rings (SSSR count). The minimum absolute atomic E-state index is 0.130. The number of hydrogen-bond donors (Lipinski definition) is 1. The molecule has 2 aromatic heterocycles. The zero-order chi connectivity index (χ0) is 14.7. The average molecular weight is 281 g/mol. The Kier molecular flexibility index (Phi) is 3.55. The molecule has 0 amide bonds. The highest BCUT2D eigenvalue weighted by Crippen LogP contribution is 2.22. The fraction of sp³-hybridized carbons (Fsp3) is 0.125. The predicted octanol–water partition coefficient (Wildman–Crippen LogP) is 3.27. The molecule has 0 aliphatic carbocycles. The number of anilines is 2. The Morgan fingerprint density at radius 2 is 2.05 bits per heavy atom. The maximum absolute atomic E-state index is 12.1. The minimum Gasteiger partial charge on any atom is -0.464 e. The van der Waals surface area contributed by atoms with E-state index in [0.717, 1.165) is 17.0 Å². The van der Waals surface area contributed by atoms with Gasteiger partial charge in [-0.25, -0.2) is 4.98 Å². The number of benzene rings is 1. The Morgan fingerprint density at radius 1 is 1.24 bits per heavy atom. The third kappa shape index (κ3) is 2.72. The van der Waals surface area contributed by atoms with Crippen molar-refractivity contribution in [2.45, 2.75) is 13.5 Å². The van der Waals surface area contributed by atoms with E-state index < -0.39 is 0 Å². The zero-order valence-corrected chi connectivity index (χ0v) is 11.6. The van der Waals surface area contributed by atoms with E-state index in [1.165, 1.54) is 0 Å². The lowest BCUT2D eigenvalue weighted by Crippen LogP contribution is -2.22. The highest BCUT2D eigenvalue weighted by atomic mass is 16.3. The van der Waals surface area contributed by atoms with Gasteiger partial charge in [0.15, 0.2) is 5.82 Å². The molecule has 0 saturated carbocycles. The van der Waals surface area contributed by atoms with Gasteiger partial charge in [-0.2, -0.15) is 0 Å². The van der Waals surface area contributed by atoms with Crippen molar-refractivity contribution >= 4 is 11.5 Å². The largest absolute Gasteiger partial charge is 0.464 e. The van der Waals surface area contributed by atoms with Crippen LogP contribution in [0.1, 0.15) is 6.92 Å². The van der Waals surface area contributed by atoms with E-state index in [1.807, 2.05) is 43.3 Å².